The number of benzene rings is 1. The zero-order chi connectivity index (χ0) is 7.84. The van der Waals surface area contributed by atoms with Gasteiger partial charge in [-0.15, -0.1) is 0 Å². The monoisotopic (exact) mass is 214 g/mol. The minimum atomic E-state index is 0.375. The molecule has 5 heteroatoms. The number of halogens is 1. The van der Waals surface area contributed by atoms with E-state index in [2.05, 4.69) is 25.7 Å². The van der Waals surface area contributed by atoms with Gasteiger partial charge < -0.3 is 5.21 Å². The first-order valence-corrected chi connectivity index (χ1v) is 3.72. The van der Waals surface area contributed by atoms with Crippen molar-refractivity contribution in [1.82, 2.24) is 5.16 Å². The van der Waals surface area contributed by atoms with Crippen molar-refractivity contribution < 1.29 is 9.53 Å². The van der Waals surface area contributed by atoms with Crippen molar-refractivity contribution in [1.29, 1.82) is 0 Å². The van der Waals surface area contributed by atoms with Gasteiger partial charge in [-0.25, -0.2) is 0 Å². The first-order valence-electron chi connectivity index (χ1n) is 2.93. The highest BCUT2D eigenvalue weighted by atomic mass is 79.9. The van der Waals surface area contributed by atoms with Crippen LogP contribution in [-0.4, -0.2) is 5.16 Å². The van der Waals surface area contributed by atoms with Crippen LogP contribution in [0.25, 0.3) is 11.0 Å². The smallest absolute Gasteiger partial charge is 0.262 e. The molecule has 56 valence electrons. The van der Waals surface area contributed by atoms with E-state index in [1.54, 1.807) is 18.2 Å². The fourth-order valence-electron chi connectivity index (χ4n) is 0.864. The average molecular weight is 215 g/mol. The Morgan fingerprint density at radius 1 is 1.55 bits per heavy atom. The molecule has 0 saturated carbocycles. The van der Waals surface area contributed by atoms with Crippen LogP contribution in [0.1, 0.15) is 0 Å². The maximum absolute atomic E-state index is 10.8. The van der Waals surface area contributed by atoms with E-state index in [1.165, 1.54) is 0 Å². The molecule has 0 atom stereocenters. The Balaban J connectivity index is 2.94. The summed E-state index contributed by atoms with van der Waals surface area (Å²) >= 11 is 3.24. The predicted molar refractivity (Wildman–Crippen MR) is 40.7 cm³/mol. The molecule has 0 radical (unpaired) electrons. The Morgan fingerprint density at radius 3 is 3.09 bits per heavy atom. The molecule has 0 aliphatic rings. The molecule has 1 aromatic carbocycles. The Bertz CT molecular complexity index is 398. The van der Waals surface area contributed by atoms with Crippen LogP contribution in [0.4, 0.5) is 0 Å². The highest BCUT2D eigenvalue weighted by Crippen LogP contribution is 2.18. The molecule has 11 heavy (non-hydrogen) atoms. The predicted octanol–water partition coefficient (Wildman–Crippen LogP) is 1.22. The molecule has 0 N–H and O–H groups in total. The van der Waals surface area contributed by atoms with Gasteiger partial charge in [-0.1, -0.05) is 6.07 Å². The number of hydrogen-bond donors (Lipinski definition) is 0. The van der Waals surface area contributed by atoms with Gasteiger partial charge in [-0.2, -0.15) is 0 Å². The van der Waals surface area contributed by atoms with Crippen LogP contribution in [0.2, 0.25) is 0 Å². The third kappa shape index (κ3) is 0.883. The lowest BCUT2D eigenvalue weighted by atomic mass is 10.3. The summed E-state index contributed by atoms with van der Waals surface area (Å²) < 4.78 is 5.13. The second-order valence-corrected chi connectivity index (χ2v) is 2.89. The quantitative estimate of drug-likeness (QED) is 0.621. The van der Waals surface area contributed by atoms with E-state index in [4.69, 9.17) is 0 Å². The molecule has 0 unspecified atom stereocenters. The van der Waals surface area contributed by atoms with Crippen molar-refractivity contribution in [3.8, 4) is 0 Å². The number of rotatable bonds is 0. The van der Waals surface area contributed by atoms with E-state index in [0.29, 0.717) is 15.9 Å². The Hall–Kier alpha value is -1.10. The minimum absolute atomic E-state index is 0.375. The third-order valence-corrected chi connectivity index (χ3v) is 2.01. The standard InChI is InChI=1S/C6H3BrN2O2/c7-4-2-1-3-5-6(4)8-11-9(5)10/h1-3H. The number of hydrogen-bond acceptors (Lipinski definition) is 3. The highest BCUT2D eigenvalue weighted by Gasteiger charge is 2.10. The first kappa shape index (κ1) is 6.60. The third-order valence-electron chi connectivity index (χ3n) is 1.37. The van der Waals surface area contributed by atoms with Crippen molar-refractivity contribution in [2.75, 3.05) is 0 Å². The second kappa shape index (κ2) is 2.20. The van der Waals surface area contributed by atoms with Crippen LogP contribution in [0, 0.1) is 5.21 Å². The molecule has 2 aromatic rings. The number of nitrogens with zero attached hydrogens (tertiary/aromatic N) is 2. The molecular formula is C6H3BrN2O2. The molecule has 2 rings (SSSR count). The van der Waals surface area contributed by atoms with Crippen LogP contribution in [0.5, 0.6) is 0 Å². The highest BCUT2D eigenvalue weighted by molar-refractivity contribution is 9.10. The molecule has 0 aliphatic carbocycles. The van der Waals surface area contributed by atoms with Gasteiger partial charge in [0.15, 0.2) is 0 Å². The Morgan fingerprint density at radius 2 is 2.36 bits per heavy atom. The summed E-state index contributed by atoms with van der Waals surface area (Å²) in [5.74, 6) is 0. The van der Waals surface area contributed by atoms with Gasteiger partial charge in [0.05, 0.1) is 4.47 Å². The second-order valence-electron chi connectivity index (χ2n) is 2.04. The van der Waals surface area contributed by atoms with Gasteiger partial charge in [-0.05, 0) is 33.0 Å². The molecule has 1 aromatic heterocycles. The van der Waals surface area contributed by atoms with Crippen LogP contribution in [0.15, 0.2) is 27.3 Å². The van der Waals surface area contributed by atoms with Crippen molar-refractivity contribution in [2.24, 2.45) is 0 Å². The molecule has 0 saturated heterocycles. The fraction of sp³-hybridized carbons (Fsp3) is 0. The topological polar surface area (TPSA) is 53.0 Å². The number of aromatic nitrogens is 2. The summed E-state index contributed by atoms with van der Waals surface area (Å²) in [5.41, 5.74) is 0.974. The lowest BCUT2D eigenvalue weighted by Crippen LogP contribution is -2.22. The maximum atomic E-state index is 10.8. The van der Waals surface area contributed by atoms with Crippen LogP contribution in [0.3, 0.4) is 0 Å². The molecular weight excluding hydrogens is 212 g/mol. The van der Waals surface area contributed by atoms with E-state index in [1.807, 2.05) is 0 Å². The zero-order valence-corrected chi connectivity index (χ0v) is 6.91. The van der Waals surface area contributed by atoms with Gasteiger partial charge >= 0.3 is 0 Å². The van der Waals surface area contributed by atoms with Gasteiger partial charge in [0, 0.05) is 5.16 Å². The van der Waals surface area contributed by atoms with E-state index in [-0.39, 0.29) is 0 Å². The normalized spacial score (nSPS) is 10.6. The van der Waals surface area contributed by atoms with Crippen molar-refractivity contribution >= 4 is 27.0 Å². The van der Waals surface area contributed by atoms with Crippen LogP contribution < -0.4 is 4.90 Å². The SMILES string of the molecule is [O-][n+]1onc2c(Br)cccc21. The van der Waals surface area contributed by atoms with Crippen LogP contribution in [-0.2, 0) is 0 Å². The summed E-state index contributed by atoms with van der Waals surface area (Å²) in [6.07, 6.45) is 0. The average Bonchev–Trinajstić information content (AvgIpc) is 2.35. The summed E-state index contributed by atoms with van der Waals surface area (Å²) in [5, 5.41) is 14.3. The maximum Gasteiger partial charge on any atom is 0.262 e. The van der Waals surface area contributed by atoms with Gasteiger partial charge in [0.25, 0.3) is 5.52 Å². The largest absolute Gasteiger partial charge is 0.359 e. The van der Waals surface area contributed by atoms with Crippen molar-refractivity contribution in [2.45, 2.75) is 0 Å². The minimum Gasteiger partial charge on any atom is -0.359 e. The van der Waals surface area contributed by atoms with E-state index < -0.39 is 0 Å². The molecule has 0 aliphatic heterocycles. The van der Waals surface area contributed by atoms with Gasteiger partial charge in [0.1, 0.15) is 0 Å². The summed E-state index contributed by atoms with van der Waals surface area (Å²) in [4.78, 5) is 0.375. The Kier molecular flexibility index (Phi) is 1.32. The summed E-state index contributed by atoms with van der Waals surface area (Å²) in [7, 11) is 0. The molecule has 4 nitrogen and oxygen atoms in total. The molecule has 0 spiro atoms. The van der Waals surface area contributed by atoms with Crippen molar-refractivity contribution in [3.63, 3.8) is 0 Å². The Labute approximate surface area is 70.1 Å². The lowest BCUT2D eigenvalue weighted by Gasteiger charge is -1.85. The number of fused-ring (bicyclic) bond motifs is 1. The molecule has 0 amide bonds. The van der Waals surface area contributed by atoms with E-state index >= 15 is 0 Å². The first-order chi connectivity index (χ1) is 5.29. The summed E-state index contributed by atoms with van der Waals surface area (Å²) in [6, 6.07) is 5.19. The molecule has 0 fully saturated rings. The lowest BCUT2D eigenvalue weighted by molar-refractivity contribution is -0.782. The zero-order valence-electron chi connectivity index (χ0n) is 5.32. The van der Waals surface area contributed by atoms with E-state index in [0.717, 1.165) is 4.47 Å². The molecule has 0 bridgehead atoms. The van der Waals surface area contributed by atoms with E-state index in [9.17, 15) is 5.21 Å². The van der Waals surface area contributed by atoms with Gasteiger partial charge in [0.2, 0.25) is 5.52 Å². The van der Waals surface area contributed by atoms with Crippen molar-refractivity contribution in [3.05, 3.63) is 27.9 Å². The fourth-order valence-corrected chi connectivity index (χ4v) is 1.29. The molecule has 1 heterocycles. The summed E-state index contributed by atoms with van der Waals surface area (Å²) in [6.45, 7) is 0. The van der Waals surface area contributed by atoms with Crippen LogP contribution >= 0.6 is 15.9 Å². The van der Waals surface area contributed by atoms with Gasteiger partial charge in [-0.3, -0.25) is 4.63 Å².